The summed E-state index contributed by atoms with van der Waals surface area (Å²) in [4.78, 5) is 0. The molecule has 2 heterocycles. The zero-order valence-electron chi connectivity index (χ0n) is 15.1. The van der Waals surface area contributed by atoms with E-state index in [1.165, 1.54) is 20.3 Å². The van der Waals surface area contributed by atoms with Crippen molar-refractivity contribution >= 4 is 0 Å². The van der Waals surface area contributed by atoms with Crippen LogP contribution >= 0.6 is 0 Å². The van der Waals surface area contributed by atoms with Gasteiger partial charge in [0, 0.05) is 5.92 Å². The first-order valence-corrected chi connectivity index (χ1v) is 8.67. The van der Waals surface area contributed by atoms with Crippen LogP contribution < -0.4 is 9.47 Å². The highest BCUT2D eigenvalue weighted by Crippen LogP contribution is 2.53. The summed E-state index contributed by atoms with van der Waals surface area (Å²) in [5, 5.41) is 31.4. The topological polar surface area (TPSA) is 97.6 Å². The van der Waals surface area contributed by atoms with E-state index in [-0.39, 0.29) is 24.0 Å². The van der Waals surface area contributed by atoms with Gasteiger partial charge < -0.3 is 34.3 Å². The van der Waals surface area contributed by atoms with Crippen molar-refractivity contribution < 1.29 is 34.3 Å². The smallest absolute Gasteiger partial charge is 0.160 e. The Hall–Kier alpha value is -2.48. The minimum absolute atomic E-state index is 0.0128. The molecular formula is C20H22O7. The standard InChI is InChI=1S/C20H22O7/c1-24-16-5-3-11(7-14(16)21)18-13-9-26-19(20(13,23)10-27-18)12-4-6-17(25-2)15(22)8-12/h3-8,13,18-19,21-23H,9-10H2,1-2H3. The van der Waals surface area contributed by atoms with Crippen LogP contribution in [0.15, 0.2) is 36.4 Å². The summed E-state index contributed by atoms with van der Waals surface area (Å²) < 4.78 is 21.9. The van der Waals surface area contributed by atoms with Gasteiger partial charge in [0.05, 0.1) is 33.5 Å². The molecule has 0 spiro atoms. The van der Waals surface area contributed by atoms with Gasteiger partial charge in [0.25, 0.3) is 0 Å². The second kappa shape index (κ2) is 6.60. The highest BCUT2D eigenvalue weighted by molar-refractivity contribution is 5.45. The van der Waals surface area contributed by atoms with Gasteiger partial charge in [-0.1, -0.05) is 12.1 Å². The van der Waals surface area contributed by atoms with Crippen molar-refractivity contribution in [3.8, 4) is 23.0 Å². The Morgan fingerprint density at radius 2 is 1.52 bits per heavy atom. The van der Waals surface area contributed by atoms with E-state index >= 15 is 0 Å². The average molecular weight is 374 g/mol. The molecule has 7 heteroatoms. The summed E-state index contributed by atoms with van der Waals surface area (Å²) in [6.45, 7) is 0.387. The van der Waals surface area contributed by atoms with Crippen LogP contribution in [0.3, 0.4) is 0 Å². The summed E-state index contributed by atoms with van der Waals surface area (Å²) in [6.07, 6.45) is -1.04. The fourth-order valence-electron chi connectivity index (χ4n) is 4.02. The zero-order chi connectivity index (χ0) is 19.2. The van der Waals surface area contributed by atoms with Gasteiger partial charge in [-0.3, -0.25) is 0 Å². The quantitative estimate of drug-likeness (QED) is 0.755. The van der Waals surface area contributed by atoms with Crippen molar-refractivity contribution in [2.75, 3.05) is 27.4 Å². The maximum Gasteiger partial charge on any atom is 0.160 e. The first-order valence-electron chi connectivity index (χ1n) is 8.67. The second-order valence-corrected chi connectivity index (χ2v) is 6.91. The van der Waals surface area contributed by atoms with Gasteiger partial charge in [-0.15, -0.1) is 0 Å². The molecule has 4 unspecified atom stereocenters. The van der Waals surface area contributed by atoms with E-state index in [1.54, 1.807) is 24.3 Å². The Balaban J connectivity index is 1.62. The average Bonchev–Trinajstić information content (AvgIpc) is 3.16. The molecule has 0 bridgehead atoms. The lowest BCUT2D eigenvalue weighted by Gasteiger charge is -2.27. The molecule has 0 saturated carbocycles. The summed E-state index contributed by atoms with van der Waals surface area (Å²) >= 11 is 0. The third kappa shape index (κ3) is 2.79. The first-order chi connectivity index (χ1) is 13.0. The van der Waals surface area contributed by atoms with Gasteiger partial charge in [0.15, 0.2) is 23.0 Å². The van der Waals surface area contributed by atoms with Crippen molar-refractivity contribution in [2.24, 2.45) is 5.92 Å². The lowest BCUT2D eigenvalue weighted by Crippen LogP contribution is -2.39. The number of ether oxygens (including phenoxy) is 4. The van der Waals surface area contributed by atoms with Crippen LogP contribution in [-0.4, -0.2) is 48.4 Å². The Morgan fingerprint density at radius 3 is 2.11 bits per heavy atom. The number of hydrogen-bond acceptors (Lipinski definition) is 7. The first kappa shape index (κ1) is 17.9. The number of fused-ring (bicyclic) bond motifs is 1. The van der Waals surface area contributed by atoms with Gasteiger partial charge >= 0.3 is 0 Å². The molecule has 2 fully saturated rings. The van der Waals surface area contributed by atoms with E-state index in [9.17, 15) is 15.3 Å². The van der Waals surface area contributed by atoms with Gasteiger partial charge in [-0.25, -0.2) is 0 Å². The molecule has 0 radical (unpaired) electrons. The molecule has 3 N–H and O–H groups in total. The molecule has 2 aromatic carbocycles. The maximum atomic E-state index is 11.3. The monoisotopic (exact) mass is 374 g/mol. The predicted molar refractivity (Wildman–Crippen MR) is 95.1 cm³/mol. The number of methoxy groups -OCH3 is 2. The fourth-order valence-corrected chi connectivity index (χ4v) is 4.02. The third-order valence-corrected chi connectivity index (χ3v) is 5.44. The molecule has 7 nitrogen and oxygen atoms in total. The Kier molecular flexibility index (Phi) is 4.38. The molecule has 2 aliphatic heterocycles. The van der Waals surface area contributed by atoms with Crippen molar-refractivity contribution in [2.45, 2.75) is 17.8 Å². The number of aliphatic hydroxyl groups is 1. The molecular weight excluding hydrogens is 352 g/mol. The summed E-state index contributed by atoms with van der Waals surface area (Å²) in [5.74, 6) is 0.432. The van der Waals surface area contributed by atoms with Gasteiger partial charge in [-0.2, -0.15) is 0 Å². The summed E-state index contributed by atoms with van der Waals surface area (Å²) in [5.41, 5.74) is 0.164. The van der Waals surface area contributed by atoms with E-state index in [1.807, 2.05) is 6.07 Å². The lowest BCUT2D eigenvalue weighted by atomic mass is 9.81. The van der Waals surface area contributed by atoms with Crippen LogP contribution in [0, 0.1) is 5.92 Å². The minimum Gasteiger partial charge on any atom is -0.504 e. The molecule has 4 atom stereocenters. The van der Waals surface area contributed by atoms with Gasteiger partial charge in [0.1, 0.15) is 11.7 Å². The molecule has 2 aromatic rings. The van der Waals surface area contributed by atoms with E-state index < -0.39 is 17.8 Å². The van der Waals surface area contributed by atoms with Gasteiger partial charge in [-0.05, 0) is 35.4 Å². The van der Waals surface area contributed by atoms with Crippen LogP contribution in [0.1, 0.15) is 23.3 Å². The maximum absolute atomic E-state index is 11.3. The molecule has 2 aliphatic rings. The molecule has 0 aromatic heterocycles. The van der Waals surface area contributed by atoms with Crippen molar-refractivity contribution in [3.63, 3.8) is 0 Å². The molecule has 0 amide bonds. The van der Waals surface area contributed by atoms with Crippen LogP contribution in [0.5, 0.6) is 23.0 Å². The number of benzene rings is 2. The summed E-state index contributed by atoms with van der Waals surface area (Å²) in [7, 11) is 2.96. The van der Waals surface area contributed by atoms with Crippen LogP contribution in [0.4, 0.5) is 0 Å². The fraction of sp³-hybridized carbons (Fsp3) is 0.400. The van der Waals surface area contributed by atoms with E-state index in [0.29, 0.717) is 23.7 Å². The molecule has 0 aliphatic carbocycles. The molecule has 27 heavy (non-hydrogen) atoms. The number of hydrogen-bond donors (Lipinski definition) is 3. The minimum atomic E-state index is -1.23. The van der Waals surface area contributed by atoms with Crippen LogP contribution in [0.25, 0.3) is 0 Å². The third-order valence-electron chi connectivity index (χ3n) is 5.44. The number of aromatic hydroxyl groups is 2. The van der Waals surface area contributed by atoms with E-state index in [4.69, 9.17) is 18.9 Å². The van der Waals surface area contributed by atoms with Crippen molar-refractivity contribution in [1.29, 1.82) is 0 Å². The molecule has 144 valence electrons. The van der Waals surface area contributed by atoms with Gasteiger partial charge in [0.2, 0.25) is 0 Å². The Bertz CT molecular complexity index is 852. The highest BCUT2D eigenvalue weighted by atomic mass is 16.6. The Morgan fingerprint density at radius 1 is 0.926 bits per heavy atom. The number of phenols is 2. The Labute approximate surface area is 156 Å². The predicted octanol–water partition coefficient (Wildman–Crippen LogP) is 2.31. The van der Waals surface area contributed by atoms with Crippen LogP contribution in [0.2, 0.25) is 0 Å². The zero-order valence-corrected chi connectivity index (χ0v) is 15.1. The number of rotatable bonds is 4. The molecule has 2 saturated heterocycles. The van der Waals surface area contributed by atoms with Crippen molar-refractivity contribution in [1.82, 2.24) is 0 Å². The largest absolute Gasteiger partial charge is 0.504 e. The van der Waals surface area contributed by atoms with E-state index in [0.717, 1.165) is 5.56 Å². The van der Waals surface area contributed by atoms with Crippen molar-refractivity contribution in [3.05, 3.63) is 47.5 Å². The highest BCUT2D eigenvalue weighted by Gasteiger charge is 2.59. The second-order valence-electron chi connectivity index (χ2n) is 6.91. The van der Waals surface area contributed by atoms with Crippen LogP contribution in [-0.2, 0) is 9.47 Å². The normalized spacial score (nSPS) is 29.5. The SMILES string of the molecule is COc1ccc(C2OCC3(O)C(c4ccc(OC)c(O)c4)OCC23)cc1O. The summed E-state index contributed by atoms with van der Waals surface area (Å²) in [6, 6.07) is 10.00. The molecule has 4 rings (SSSR count). The number of phenolic OH excluding ortho intramolecular Hbond substituents is 2. The lowest BCUT2D eigenvalue weighted by molar-refractivity contribution is -0.0628. The van der Waals surface area contributed by atoms with E-state index in [2.05, 4.69) is 0 Å².